The fourth-order valence-corrected chi connectivity index (χ4v) is 1.45. The molecule has 1 rings (SSSR count). The van der Waals surface area contributed by atoms with E-state index in [1.54, 1.807) is 13.0 Å². The van der Waals surface area contributed by atoms with E-state index in [-0.39, 0.29) is 0 Å². The van der Waals surface area contributed by atoms with Crippen molar-refractivity contribution >= 4 is 6.29 Å². The molecule has 0 saturated carbocycles. The Labute approximate surface area is 82.9 Å². The van der Waals surface area contributed by atoms with Crippen LogP contribution in [0.5, 0.6) is 5.75 Å². The molecule has 0 heterocycles. The van der Waals surface area contributed by atoms with E-state index < -0.39 is 0 Å². The minimum atomic E-state index is 0.453. The number of aldehydes is 1. The summed E-state index contributed by atoms with van der Waals surface area (Å²) in [7, 11) is 1.51. The van der Waals surface area contributed by atoms with Gasteiger partial charge in [0.2, 0.25) is 0 Å². The maximum absolute atomic E-state index is 10.8. The van der Waals surface area contributed by atoms with E-state index in [0.717, 1.165) is 5.56 Å². The Kier molecular flexibility index (Phi) is 2.88. The standard InChI is InChI=1S/C11H11NO2/c1-7-4-11(14-3)10(6-13)8(2)9(7)5-12/h4,6H,1-3H3. The summed E-state index contributed by atoms with van der Waals surface area (Å²) in [4.78, 5) is 10.8. The van der Waals surface area contributed by atoms with Gasteiger partial charge in [-0.1, -0.05) is 0 Å². The van der Waals surface area contributed by atoms with Crippen LogP contribution in [-0.4, -0.2) is 13.4 Å². The van der Waals surface area contributed by atoms with Crippen LogP contribution in [-0.2, 0) is 0 Å². The lowest BCUT2D eigenvalue weighted by Crippen LogP contribution is -1.99. The first-order chi connectivity index (χ1) is 6.65. The summed E-state index contributed by atoms with van der Waals surface area (Å²) < 4.78 is 5.06. The number of ether oxygens (including phenoxy) is 1. The zero-order valence-corrected chi connectivity index (χ0v) is 8.42. The van der Waals surface area contributed by atoms with E-state index in [0.29, 0.717) is 28.7 Å². The van der Waals surface area contributed by atoms with Gasteiger partial charge in [-0.2, -0.15) is 5.26 Å². The molecule has 0 radical (unpaired) electrons. The number of nitrogens with zero attached hydrogens (tertiary/aromatic N) is 1. The number of carbonyl (C=O) groups excluding carboxylic acids is 1. The molecule has 0 N–H and O–H groups in total. The van der Waals surface area contributed by atoms with Crippen LogP contribution >= 0.6 is 0 Å². The minimum Gasteiger partial charge on any atom is -0.496 e. The van der Waals surface area contributed by atoms with Gasteiger partial charge < -0.3 is 4.74 Å². The molecule has 0 bridgehead atoms. The first-order valence-electron chi connectivity index (χ1n) is 4.19. The number of rotatable bonds is 2. The summed E-state index contributed by atoms with van der Waals surface area (Å²) in [6, 6.07) is 3.78. The van der Waals surface area contributed by atoms with E-state index in [2.05, 4.69) is 6.07 Å². The van der Waals surface area contributed by atoms with Crippen LogP contribution in [0.3, 0.4) is 0 Å². The lowest BCUT2D eigenvalue weighted by atomic mass is 9.98. The molecule has 0 aliphatic rings. The summed E-state index contributed by atoms with van der Waals surface area (Å²) in [6.45, 7) is 3.57. The smallest absolute Gasteiger partial charge is 0.154 e. The summed E-state index contributed by atoms with van der Waals surface area (Å²) in [5, 5.41) is 8.88. The molecule has 72 valence electrons. The van der Waals surface area contributed by atoms with Crippen molar-refractivity contribution in [3.63, 3.8) is 0 Å². The Hall–Kier alpha value is -1.82. The molecular weight excluding hydrogens is 178 g/mol. The monoisotopic (exact) mass is 189 g/mol. The average molecular weight is 189 g/mol. The van der Waals surface area contributed by atoms with Crippen LogP contribution in [0, 0.1) is 25.2 Å². The summed E-state index contributed by atoms with van der Waals surface area (Å²) in [6.07, 6.45) is 0.717. The molecule has 0 fully saturated rings. The highest BCUT2D eigenvalue weighted by atomic mass is 16.5. The number of methoxy groups -OCH3 is 1. The Morgan fingerprint density at radius 3 is 2.57 bits per heavy atom. The van der Waals surface area contributed by atoms with Crippen molar-refractivity contribution < 1.29 is 9.53 Å². The van der Waals surface area contributed by atoms with E-state index in [9.17, 15) is 4.79 Å². The van der Waals surface area contributed by atoms with Crippen LogP contribution in [0.4, 0.5) is 0 Å². The van der Waals surface area contributed by atoms with Gasteiger partial charge in [-0.3, -0.25) is 4.79 Å². The largest absolute Gasteiger partial charge is 0.496 e. The number of hydrogen-bond acceptors (Lipinski definition) is 3. The van der Waals surface area contributed by atoms with E-state index in [4.69, 9.17) is 10.00 Å². The molecule has 3 nitrogen and oxygen atoms in total. The minimum absolute atomic E-state index is 0.453. The van der Waals surface area contributed by atoms with Crippen molar-refractivity contribution in [1.29, 1.82) is 5.26 Å². The number of aryl methyl sites for hydroxylation is 1. The zero-order chi connectivity index (χ0) is 10.7. The van der Waals surface area contributed by atoms with Gasteiger partial charge in [0.05, 0.1) is 24.3 Å². The Morgan fingerprint density at radius 1 is 1.50 bits per heavy atom. The second-order valence-corrected chi connectivity index (χ2v) is 3.04. The van der Waals surface area contributed by atoms with Crippen molar-refractivity contribution in [2.45, 2.75) is 13.8 Å². The number of benzene rings is 1. The molecule has 0 unspecified atom stereocenters. The van der Waals surface area contributed by atoms with Gasteiger partial charge in [0.1, 0.15) is 5.75 Å². The number of nitriles is 1. The molecule has 0 spiro atoms. The quantitative estimate of drug-likeness (QED) is 0.668. The van der Waals surface area contributed by atoms with E-state index >= 15 is 0 Å². The van der Waals surface area contributed by atoms with E-state index in [1.807, 2.05) is 6.92 Å². The van der Waals surface area contributed by atoms with Crippen molar-refractivity contribution in [2.24, 2.45) is 0 Å². The SMILES string of the molecule is COc1cc(C)c(C#N)c(C)c1C=O. The van der Waals surface area contributed by atoms with Crippen molar-refractivity contribution in [3.8, 4) is 11.8 Å². The Balaban J connectivity index is 3.57. The second-order valence-electron chi connectivity index (χ2n) is 3.04. The molecule has 0 aromatic heterocycles. The molecule has 0 aliphatic heterocycles. The highest BCUT2D eigenvalue weighted by Crippen LogP contribution is 2.26. The fourth-order valence-electron chi connectivity index (χ4n) is 1.45. The maximum atomic E-state index is 10.8. The summed E-state index contributed by atoms with van der Waals surface area (Å²) >= 11 is 0. The Bertz CT molecular complexity index is 416. The third kappa shape index (κ3) is 1.47. The molecule has 0 atom stereocenters. The van der Waals surface area contributed by atoms with Gasteiger partial charge in [0, 0.05) is 0 Å². The zero-order valence-electron chi connectivity index (χ0n) is 8.42. The predicted octanol–water partition coefficient (Wildman–Crippen LogP) is 2.00. The third-order valence-corrected chi connectivity index (χ3v) is 2.24. The Morgan fingerprint density at radius 2 is 2.14 bits per heavy atom. The predicted molar refractivity (Wildman–Crippen MR) is 52.6 cm³/mol. The van der Waals surface area contributed by atoms with Gasteiger partial charge in [-0.15, -0.1) is 0 Å². The maximum Gasteiger partial charge on any atom is 0.154 e. The highest BCUT2D eigenvalue weighted by molar-refractivity contribution is 5.83. The first-order valence-corrected chi connectivity index (χ1v) is 4.19. The molecule has 0 amide bonds. The number of carbonyl (C=O) groups is 1. The highest BCUT2D eigenvalue weighted by Gasteiger charge is 2.12. The van der Waals surface area contributed by atoms with Crippen molar-refractivity contribution in [1.82, 2.24) is 0 Å². The van der Waals surface area contributed by atoms with Gasteiger partial charge >= 0.3 is 0 Å². The van der Waals surface area contributed by atoms with Crippen LogP contribution < -0.4 is 4.74 Å². The normalized spacial score (nSPS) is 9.29. The lowest BCUT2D eigenvalue weighted by Gasteiger charge is -2.10. The fraction of sp³-hybridized carbons (Fsp3) is 0.273. The molecule has 1 aromatic carbocycles. The third-order valence-electron chi connectivity index (χ3n) is 2.24. The first kappa shape index (κ1) is 10.3. The van der Waals surface area contributed by atoms with Gasteiger partial charge in [0.15, 0.2) is 6.29 Å². The summed E-state index contributed by atoms with van der Waals surface area (Å²) in [5.41, 5.74) is 2.51. The second kappa shape index (κ2) is 3.93. The van der Waals surface area contributed by atoms with Crippen molar-refractivity contribution in [3.05, 3.63) is 28.3 Å². The molecule has 14 heavy (non-hydrogen) atoms. The van der Waals surface area contributed by atoms with Crippen LogP contribution in [0.1, 0.15) is 27.0 Å². The van der Waals surface area contributed by atoms with Gasteiger partial charge in [-0.05, 0) is 31.0 Å². The van der Waals surface area contributed by atoms with Crippen LogP contribution in [0.25, 0.3) is 0 Å². The molecule has 0 saturated heterocycles. The van der Waals surface area contributed by atoms with Gasteiger partial charge in [0.25, 0.3) is 0 Å². The van der Waals surface area contributed by atoms with Crippen LogP contribution in [0.15, 0.2) is 6.07 Å². The van der Waals surface area contributed by atoms with Crippen LogP contribution in [0.2, 0.25) is 0 Å². The molecular formula is C11H11NO2. The topological polar surface area (TPSA) is 50.1 Å². The van der Waals surface area contributed by atoms with E-state index in [1.165, 1.54) is 7.11 Å². The molecule has 0 aliphatic carbocycles. The molecule has 1 aromatic rings. The van der Waals surface area contributed by atoms with Crippen molar-refractivity contribution in [2.75, 3.05) is 7.11 Å². The molecule has 3 heteroatoms. The van der Waals surface area contributed by atoms with Gasteiger partial charge in [-0.25, -0.2) is 0 Å². The summed E-state index contributed by atoms with van der Waals surface area (Å²) in [5.74, 6) is 0.522. The number of hydrogen-bond donors (Lipinski definition) is 0. The average Bonchev–Trinajstić information content (AvgIpc) is 2.17. The lowest BCUT2D eigenvalue weighted by molar-refractivity contribution is 0.112.